The topological polar surface area (TPSA) is 107 Å². The molecule has 0 aliphatic heterocycles. The van der Waals surface area contributed by atoms with Crippen LogP contribution in [0.2, 0.25) is 0 Å². The molecule has 0 unspecified atom stereocenters. The van der Waals surface area contributed by atoms with Gasteiger partial charge in [0.1, 0.15) is 0 Å². The van der Waals surface area contributed by atoms with E-state index in [2.05, 4.69) is 0 Å². The van der Waals surface area contributed by atoms with Crippen molar-refractivity contribution in [2.45, 2.75) is 37.5 Å². The van der Waals surface area contributed by atoms with E-state index in [0.717, 1.165) is 18.6 Å². The lowest BCUT2D eigenvalue weighted by molar-refractivity contribution is -0.385. The molecular weight excluding hydrogens is 298 g/mol. The van der Waals surface area contributed by atoms with Crippen molar-refractivity contribution in [2.75, 3.05) is 13.2 Å². The van der Waals surface area contributed by atoms with Crippen molar-refractivity contribution >= 4 is 15.8 Å². The van der Waals surface area contributed by atoms with E-state index in [1.165, 1.54) is 6.07 Å². The maximum absolute atomic E-state index is 11.3. The van der Waals surface area contributed by atoms with E-state index in [-0.39, 0.29) is 16.1 Å². The molecule has 0 saturated heterocycles. The van der Waals surface area contributed by atoms with Crippen LogP contribution in [0.25, 0.3) is 0 Å². The number of nitro groups is 1. The van der Waals surface area contributed by atoms with Crippen molar-refractivity contribution in [3.05, 3.63) is 33.9 Å². The predicted octanol–water partition coefficient (Wildman–Crippen LogP) is 2.59. The largest absolute Gasteiger partial charge is 0.381 e. The number of nitro benzene ring substituents is 1. The van der Waals surface area contributed by atoms with Crippen LogP contribution >= 0.6 is 0 Å². The fourth-order valence-corrected chi connectivity index (χ4v) is 2.62. The van der Waals surface area contributed by atoms with Gasteiger partial charge in [0.15, 0.2) is 0 Å². The van der Waals surface area contributed by atoms with Crippen LogP contribution in [0.3, 0.4) is 0 Å². The highest BCUT2D eigenvalue weighted by atomic mass is 32.2. The Morgan fingerprint density at radius 3 is 2.57 bits per heavy atom. The van der Waals surface area contributed by atoms with Crippen molar-refractivity contribution in [1.29, 1.82) is 0 Å². The zero-order chi connectivity index (χ0) is 15.9. The van der Waals surface area contributed by atoms with E-state index in [4.69, 9.17) is 9.29 Å². The summed E-state index contributed by atoms with van der Waals surface area (Å²) in [5.74, 6) is 0. The van der Waals surface area contributed by atoms with Crippen LogP contribution in [0.15, 0.2) is 23.1 Å². The summed E-state index contributed by atoms with van der Waals surface area (Å²) in [7, 11) is -4.38. The molecular formula is C13H19NO6S. The minimum absolute atomic E-state index is 0.195. The fraction of sp³-hybridized carbons (Fsp3) is 0.538. The second-order valence-electron chi connectivity index (χ2n) is 4.59. The molecule has 8 heteroatoms. The average molecular weight is 317 g/mol. The van der Waals surface area contributed by atoms with Crippen molar-refractivity contribution in [3.63, 3.8) is 0 Å². The number of non-ortho nitro benzene ring substituents is 1. The van der Waals surface area contributed by atoms with E-state index < -0.39 is 15.0 Å². The number of hydrogen-bond donors (Lipinski definition) is 1. The highest BCUT2D eigenvalue weighted by molar-refractivity contribution is 7.85. The first kappa shape index (κ1) is 17.5. The van der Waals surface area contributed by atoms with Gasteiger partial charge in [0.25, 0.3) is 15.8 Å². The molecule has 0 heterocycles. The third kappa shape index (κ3) is 5.78. The molecule has 0 saturated carbocycles. The number of benzene rings is 1. The van der Waals surface area contributed by atoms with Crippen molar-refractivity contribution in [3.8, 4) is 0 Å². The molecule has 0 radical (unpaired) electrons. The number of nitrogens with zero attached hydrogens (tertiary/aromatic N) is 1. The average Bonchev–Trinajstić information content (AvgIpc) is 2.41. The van der Waals surface area contributed by atoms with Gasteiger partial charge in [-0.2, -0.15) is 8.42 Å². The molecule has 7 nitrogen and oxygen atoms in total. The van der Waals surface area contributed by atoms with E-state index in [0.29, 0.717) is 32.5 Å². The molecule has 1 N–H and O–H groups in total. The third-order valence-electron chi connectivity index (χ3n) is 2.87. The number of unbranched alkanes of at least 4 members (excludes halogenated alkanes) is 1. The SMILES string of the molecule is CCCOCCCCc1cc([N+](=O)[O-])ccc1S(=O)(=O)O. The second kappa shape index (κ2) is 8.06. The van der Waals surface area contributed by atoms with Gasteiger partial charge in [-0.15, -0.1) is 0 Å². The number of rotatable bonds is 9. The normalized spacial score (nSPS) is 11.5. The van der Waals surface area contributed by atoms with Crippen LogP contribution in [0.5, 0.6) is 0 Å². The molecule has 0 amide bonds. The fourth-order valence-electron chi connectivity index (χ4n) is 1.89. The molecule has 0 aliphatic rings. The second-order valence-corrected chi connectivity index (χ2v) is 5.98. The Hall–Kier alpha value is -1.51. The molecule has 0 fully saturated rings. The molecule has 0 atom stereocenters. The predicted molar refractivity (Wildman–Crippen MR) is 77.0 cm³/mol. The molecule has 0 spiro atoms. The van der Waals surface area contributed by atoms with Gasteiger partial charge in [0.05, 0.1) is 9.82 Å². The van der Waals surface area contributed by atoms with Crippen molar-refractivity contribution in [1.82, 2.24) is 0 Å². The van der Waals surface area contributed by atoms with Crippen LogP contribution in [0.4, 0.5) is 5.69 Å². The Morgan fingerprint density at radius 2 is 2.00 bits per heavy atom. The van der Waals surface area contributed by atoms with Crippen LogP contribution in [0, 0.1) is 10.1 Å². The lowest BCUT2D eigenvalue weighted by atomic mass is 10.1. The Labute approximate surface area is 123 Å². The van der Waals surface area contributed by atoms with Crippen LogP contribution in [-0.2, 0) is 21.3 Å². The molecule has 1 aromatic carbocycles. The van der Waals surface area contributed by atoms with E-state index >= 15 is 0 Å². The Kier molecular flexibility index (Phi) is 6.73. The minimum Gasteiger partial charge on any atom is -0.381 e. The quantitative estimate of drug-likeness (QED) is 0.325. The van der Waals surface area contributed by atoms with E-state index in [1.54, 1.807) is 0 Å². The van der Waals surface area contributed by atoms with Gasteiger partial charge in [-0.1, -0.05) is 6.92 Å². The smallest absolute Gasteiger partial charge is 0.294 e. The molecule has 1 aromatic rings. The van der Waals surface area contributed by atoms with Crippen LogP contribution in [0.1, 0.15) is 31.7 Å². The van der Waals surface area contributed by atoms with Gasteiger partial charge in [0.2, 0.25) is 0 Å². The summed E-state index contributed by atoms with van der Waals surface area (Å²) in [5, 5.41) is 10.7. The Balaban J connectivity index is 2.77. The minimum atomic E-state index is -4.38. The lowest BCUT2D eigenvalue weighted by Crippen LogP contribution is -2.05. The first-order chi connectivity index (χ1) is 9.86. The highest BCUT2D eigenvalue weighted by Gasteiger charge is 2.18. The van der Waals surface area contributed by atoms with Crippen LogP contribution in [-0.4, -0.2) is 31.1 Å². The number of ether oxygens (including phenoxy) is 1. The standard InChI is InChI=1S/C13H19NO6S/c1-2-8-20-9-4-3-5-11-10-12(14(15)16)6-7-13(11)21(17,18)19/h6-7,10H,2-5,8-9H2,1H3,(H,17,18,19). The summed E-state index contributed by atoms with van der Waals surface area (Å²) < 4.78 is 37.0. The first-order valence-electron chi connectivity index (χ1n) is 6.68. The van der Waals surface area contributed by atoms with Gasteiger partial charge >= 0.3 is 0 Å². The number of aryl methyl sites for hydroxylation is 1. The van der Waals surface area contributed by atoms with Gasteiger partial charge < -0.3 is 4.74 Å². The summed E-state index contributed by atoms with van der Waals surface area (Å²) in [6.45, 7) is 3.23. The van der Waals surface area contributed by atoms with Crippen LogP contribution < -0.4 is 0 Å². The zero-order valence-corrected chi connectivity index (χ0v) is 12.6. The maximum atomic E-state index is 11.3. The third-order valence-corrected chi connectivity index (χ3v) is 3.82. The Morgan fingerprint density at radius 1 is 1.29 bits per heavy atom. The summed E-state index contributed by atoms with van der Waals surface area (Å²) in [4.78, 5) is 9.86. The number of hydrogen-bond acceptors (Lipinski definition) is 5. The zero-order valence-electron chi connectivity index (χ0n) is 11.8. The van der Waals surface area contributed by atoms with Gasteiger partial charge in [-0.25, -0.2) is 0 Å². The summed E-state index contributed by atoms with van der Waals surface area (Å²) in [6.07, 6.45) is 2.59. The molecule has 0 bridgehead atoms. The summed E-state index contributed by atoms with van der Waals surface area (Å²) >= 11 is 0. The first-order valence-corrected chi connectivity index (χ1v) is 8.12. The molecule has 118 valence electrons. The molecule has 0 aliphatic carbocycles. The monoisotopic (exact) mass is 317 g/mol. The molecule has 0 aromatic heterocycles. The summed E-state index contributed by atoms with van der Waals surface area (Å²) in [6, 6.07) is 3.32. The molecule has 21 heavy (non-hydrogen) atoms. The molecule has 1 rings (SSSR count). The maximum Gasteiger partial charge on any atom is 0.294 e. The van der Waals surface area contributed by atoms with E-state index in [1.807, 2.05) is 6.92 Å². The Bertz CT molecular complexity index is 584. The highest BCUT2D eigenvalue weighted by Crippen LogP contribution is 2.23. The van der Waals surface area contributed by atoms with Crippen molar-refractivity contribution in [2.24, 2.45) is 0 Å². The van der Waals surface area contributed by atoms with Gasteiger partial charge in [-0.3, -0.25) is 14.7 Å². The summed E-state index contributed by atoms with van der Waals surface area (Å²) in [5.41, 5.74) is 0.0572. The van der Waals surface area contributed by atoms with Gasteiger partial charge in [-0.05, 0) is 37.3 Å². The lowest BCUT2D eigenvalue weighted by Gasteiger charge is -2.07. The van der Waals surface area contributed by atoms with Gasteiger partial charge in [0, 0.05) is 25.3 Å². The van der Waals surface area contributed by atoms with E-state index in [9.17, 15) is 18.5 Å². The van der Waals surface area contributed by atoms with Crippen molar-refractivity contribution < 1.29 is 22.6 Å².